The smallest absolute Gasteiger partial charge is 0.275 e. The van der Waals surface area contributed by atoms with Crippen molar-refractivity contribution < 1.29 is 19.1 Å². The third kappa shape index (κ3) is 5.58. The van der Waals surface area contributed by atoms with Crippen LogP contribution in [0.4, 0.5) is 5.69 Å². The first-order chi connectivity index (χ1) is 16.6. The summed E-state index contributed by atoms with van der Waals surface area (Å²) in [4.78, 5) is 24.9. The predicted octanol–water partition coefficient (Wildman–Crippen LogP) is 4.63. The third-order valence-corrected chi connectivity index (χ3v) is 5.02. The van der Waals surface area contributed by atoms with Gasteiger partial charge in [-0.25, -0.2) is 5.43 Å². The molecule has 2 N–H and O–H groups in total. The molecule has 4 aromatic rings. The minimum atomic E-state index is -0.403. The van der Waals surface area contributed by atoms with Crippen molar-refractivity contribution >= 4 is 34.5 Å². The van der Waals surface area contributed by atoms with E-state index >= 15 is 0 Å². The van der Waals surface area contributed by atoms with Gasteiger partial charge in [0, 0.05) is 11.3 Å². The highest BCUT2D eigenvalue weighted by Crippen LogP contribution is 2.26. The van der Waals surface area contributed by atoms with Gasteiger partial charge in [-0.15, -0.1) is 0 Å². The normalized spacial score (nSPS) is 10.7. The van der Waals surface area contributed by atoms with Gasteiger partial charge >= 0.3 is 0 Å². The molecule has 0 aliphatic rings. The lowest BCUT2D eigenvalue weighted by molar-refractivity contribution is -0.118. The maximum Gasteiger partial charge on any atom is 0.275 e. The fourth-order valence-electron chi connectivity index (χ4n) is 3.37. The van der Waals surface area contributed by atoms with Crippen LogP contribution in [0.1, 0.15) is 15.9 Å². The van der Waals surface area contributed by atoms with Gasteiger partial charge in [-0.05, 0) is 47.2 Å². The van der Waals surface area contributed by atoms with E-state index in [1.165, 1.54) is 13.3 Å². The van der Waals surface area contributed by atoms with Crippen molar-refractivity contribution in [1.82, 2.24) is 5.43 Å². The summed E-state index contributed by atoms with van der Waals surface area (Å²) in [6, 6.07) is 27.5. The van der Waals surface area contributed by atoms with Crippen molar-refractivity contribution in [2.45, 2.75) is 0 Å². The zero-order chi connectivity index (χ0) is 23.8. The summed E-state index contributed by atoms with van der Waals surface area (Å²) in [5.41, 5.74) is 4.21. The van der Waals surface area contributed by atoms with Gasteiger partial charge < -0.3 is 14.8 Å². The summed E-state index contributed by atoms with van der Waals surface area (Å²) < 4.78 is 11.0. The van der Waals surface area contributed by atoms with Crippen LogP contribution in [-0.4, -0.2) is 31.7 Å². The summed E-state index contributed by atoms with van der Waals surface area (Å²) in [5, 5.41) is 8.73. The fraction of sp³-hybridized carbons (Fsp3) is 0.0741. The Hall–Kier alpha value is -4.65. The Balaban J connectivity index is 1.41. The molecule has 0 bridgehead atoms. The second-order valence-corrected chi connectivity index (χ2v) is 7.34. The van der Waals surface area contributed by atoms with E-state index in [1.54, 1.807) is 36.4 Å². The average Bonchev–Trinajstić information content (AvgIpc) is 2.87. The number of carbonyl (C=O) groups is 2. The number of rotatable bonds is 8. The number of benzene rings is 4. The molecule has 0 aliphatic heterocycles. The van der Waals surface area contributed by atoms with Gasteiger partial charge in [0.25, 0.3) is 11.8 Å². The topological polar surface area (TPSA) is 89.0 Å². The number of hydrogen-bond acceptors (Lipinski definition) is 5. The Morgan fingerprint density at radius 2 is 1.53 bits per heavy atom. The highest BCUT2D eigenvalue weighted by atomic mass is 16.5. The standard InChI is InChI=1S/C27H23N3O4/c1-33-25-16-20-10-6-5-9-19(20)15-23(25)27(32)30-28-17-21-11-7-8-14-24(21)34-18-26(31)29-22-12-3-2-4-13-22/h2-17H,18H2,1H3,(H,29,31)(H,30,32). The number of amides is 2. The highest BCUT2D eigenvalue weighted by molar-refractivity contribution is 6.02. The van der Waals surface area contributed by atoms with E-state index in [4.69, 9.17) is 9.47 Å². The van der Waals surface area contributed by atoms with E-state index < -0.39 is 5.91 Å². The molecular weight excluding hydrogens is 430 g/mol. The molecule has 0 aromatic heterocycles. The molecule has 34 heavy (non-hydrogen) atoms. The van der Waals surface area contributed by atoms with Crippen molar-refractivity contribution in [2.75, 3.05) is 19.0 Å². The quantitative estimate of drug-likeness (QED) is 0.301. The van der Waals surface area contributed by atoms with Gasteiger partial charge in [0.2, 0.25) is 0 Å². The highest BCUT2D eigenvalue weighted by Gasteiger charge is 2.13. The number of fused-ring (bicyclic) bond motifs is 1. The van der Waals surface area contributed by atoms with E-state index in [9.17, 15) is 9.59 Å². The van der Waals surface area contributed by atoms with Gasteiger partial charge in [0.1, 0.15) is 11.5 Å². The number of anilines is 1. The van der Waals surface area contributed by atoms with Crippen molar-refractivity contribution in [3.8, 4) is 11.5 Å². The van der Waals surface area contributed by atoms with Crippen molar-refractivity contribution in [2.24, 2.45) is 5.10 Å². The molecule has 0 saturated carbocycles. The maximum atomic E-state index is 12.7. The second kappa shape index (κ2) is 10.8. The monoisotopic (exact) mass is 453 g/mol. The third-order valence-electron chi connectivity index (χ3n) is 5.02. The lowest BCUT2D eigenvalue weighted by Gasteiger charge is -2.10. The first-order valence-corrected chi connectivity index (χ1v) is 10.6. The number of para-hydroxylation sites is 2. The molecule has 2 amide bonds. The summed E-state index contributed by atoms with van der Waals surface area (Å²) in [7, 11) is 1.52. The van der Waals surface area contributed by atoms with Crippen LogP contribution >= 0.6 is 0 Å². The fourth-order valence-corrected chi connectivity index (χ4v) is 3.37. The Morgan fingerprint density at radius 3 is 2.29 bits per heavy atom. The Kier molecular flexibility index (Phi) is 7.15. The van der Waals surface area contributed by atoms with Crippen molar-refractivity contribution in [3.63, 3.8) is 0 Å². The van der Waals surface area contributed by atoms with E-state index in [-0.39, 0.29) is 12.5 Å². The number of hydrazone groups is 1. The first kappa shape index (κ1) is 22.5. The Morgan fingerprint density at radius 1 is 0.853 bits per heavy atom. The molecule has 4 aromatic carbocycles. The van der Waals surface area contributed by atoms with Crippen LogP contribution in [0, 0.1) is 0 Å². The van der Waals surface area contributed by atoms with E-state index in [0.717, 1.165) is 10.8 Å². The van der Waals surface area contributed by atoms with E-state index in [2.05, 4.69) is 15.8 Å². The molecule has 0 heterocycles. The number of carbonyl (C=O) groups excluding carboxylic acids is 2. The molecule has 0 radical (unpaired) electrons. The minimum Gasteiger partial charge on any atom is -0.496 e. The molecule has 0 atom stereocenters. The SMILES string of the molecule is COc1cc2ccccc2cc1C(=O)NN=Cc1ccccc1OCC(=O)Nc1ccccc1. The molecule has 7 heteroatoms. The Bertz CT molecular complexity index is 1340. The molecule has 0 fully saturated rings. The maximum absolute atomic E-state index is 12.7. The predicted molar refractivity (Wildman–Crippen MR) is 133 cm³/mol. The van der Waals surface area contributed by atoms with E-state index in [1.807, 2.05) is 54.6 Å². The van der Waals surface area contributed by atoms with E-state index in [0.29, 0.717) is 28.3 Å². The second-order valence-electron chi connectivity index (χ2n) is 7.34. The molecular formula is C27H23N3O4. The summed E-state index contributed by atoms with van der Waals surface area (Å²) in [6.07, 6.45) is 1.47. The largest absolute Gasteiger partial charge is 0.496 e. The first-order valence-electron chi connectivity index (χ1n) is 10.6. The molecule has 0 unspecified atom stereocenters. The average molecular weight is 453 g/mol. The summed E-state index contributed by atoms with van der Waals surface area (Å²) in [6.45, 7) is -0.166. The van der Waals surface area contributed by atoms with Crippen LogP contribution in [0.15, 0.2) is 96.1 Å². The van der Waals surface area contributed by atoms with Crippen LogP contribution in [0.3, 0.4) is 0 Å². The number of nitrogens with one attached hydrogen (secondary N) is 2. The molecule has 0 aliphatic carbocycles. The summed E-state index contributed by atoms with van der Waals surface area (Å²) >= 11 is 0. The van der Waals surface area contributed by atoms with Gasteiger partial charge in [0.15, 0.2) is 6.61 Å². The van der Waals surface area contributed by atoms with Crippen LogP contribution < -0.4 is 20.2 Å². The van der Waals surface area contributed by atoms with Crippen molar-refractivity contribution in [3.05, 3.63) is 102 Å². The van der Waals surface area contributed by atoms with Gasteiger partial charge in [-0.1, -0.05) is 54.6 Å². The van der Waals surface area contributed by atoms with Gasteiger partial charge in [-0.2, -0.15) is 5.10 Å². The molecule has 7 nitrogen and oxygen atoms in total. The zero-order valence-electron chi connectivity index (χ0n) is 18.5. The molecule has 4 rings (SSSR count). The number of methoxy groups -OCH3 is 1. The molecule has 0 saturated heterocycles. The minimum absolute atomic E-state index is 0.166. The molecule has 0 spiro atoms. The lowest BCUT2D eigenvalue weighted by Crippen LogP contribution is -2.20. The van der Waals surface area contributed by atoms with Crippen LogP contribution in [-0.2, 0) is 4.79 Å². The van der Waals surface area contributed by atoms with Crippen molar-refractivity contribution in [1.29, 1.82) is 0 Å². The summed E-state index contributed by atoms with van der Waals surface area (Å²) in [5.74, 6) is 0.237. The van der Waals surface area contributed by atoms with Crippen LogP contribution in [0.2, 0.25) is 0 Å². The van der Waals surface area contributed by atoms with Crippen LogP contribution in [0.25, 0.3) is 10.8 Å². The Labute approximate surface area is 197 Å². The zero-order valence-corrected chi connectivity index (χ0v) is 18.5. The molecule has 170 valence electrons. The number of nitrogens with zero attached hydrogens (tertiary/aromatic N) is 1. The van der Waals surface area contributed by atoms with Gasteiger partial charge in [0.05, 0.1) is 18.9 Å². The van der Waals surface area contributed by atoms with Gasteiger partial charge in [-0.3, -0.25) is 9.59 Å². The number of hydrogen-bond donors (Lipinski definition) is 2. The number of ether oxygens (including phenoxy) is 2. The van der Waals surface area contributed by atoms with Crippen LogP contribution in [0.5, 0.6) is 11.5 Å². The lowest BCUT2D eigenvalue weighted by atomic mass is 10.1.